The number of unbranched alkanes of at least 4 members (excludes halogenated alkanes) is 1. The highest BCUT2D eigenvalue weighted by atomic mass is 32.2. The minimum Gasteiger partial charge on any atom is -0.481 e. The zero-order chi connectivity index (χ0) is 17.2. The van der Waals surface area contributed by atoms with Crippen molar-refractivity contribution in [2.45, 2.75) is 44.2 Å². The number of nitrogens with one attached hydrogen (secondary N) is 1. The number of hydrogen-bond acceptors (Lipinski definition) is 5. The number of thiazole rings is 1. The highest BCUT2D eigenvalue weighted by Gasteiger charge is 2.15. The number of aromatic nitrogens is 1. The number of amides is 2. The molecule has 0 fully saturated rings. The molecule has 0 bridgehead atoms. The number of nitrogens with zero attached hydrogens (tertiary/aromatic N) is 2. The summed E-state index contributed by atoms with van der Waals surface area (Å²) in [7, 11) is 0. The molecule has 0 aromatic carbocycles. The molecular weight excluding hydrogens is 334 g/mol. The Morgan fingerprint density at radius 2 is 2.17 bits per heavy atom. The van der Waals surface area contributed by atoms with Gasteiger partial charge in [0, 0.05) is 13.1 Å². The molecule has 130 valence electrons. The number of carboxylic acid groups (broad SMARTS) is 1. The highest BCUT2D eigenvalue weighted by Crippen LogP contribution is 2.28. The molecule has 2 N–H and O–H groups in total. The fourth-order valence-corrected chi connectivity index (χ4v) is 3.35. The molecule has 0 aliphatic rings. The maximum Gasteiger partial charge on any atom is 0.323 e. The van der Waals surface area contributed by atoms with Crippen molar-refractivity contribution in [1.29, 1.82) is 0 Å². The van der Waals surface area contributed by atoms with Crippen LogP contribution in [0.15, 0.2) is 10.4 Å². The highest BCUT2D eigenvalue weighted by molar-refractivity contribution is 8.01. The predicted octanol–water partition coefficient (Wildman–Crippen LogP) is 4.00. The van der Waals surface area contributed by atoms with Gasteiger partial charge < -0.3 is 10.0 Å². The van der Waals surface area contributed by atoms with Crippen LogP contribution in [0.1, 0.15) is 40.0 Å². The van der Waals surface area contributed by atoms with Crippen LogP contribution >= 0.6 is 23.1 Å². The molecule has 0 unspecified atom stereocenters. The van der Waals surface area contributed by atoms with E-state index in [1.165, 1.54) is 23.1 Å². The number of urea groups is 1. The second-order valence-electron chi connectivity index (χ2n) is 5.62. The summed E-state index contributed by atoms with van der Waals surface area (Å²) in [4.78, 5) is 28.9. The molecule has 0 saturated heterocycles. The molecule has 8 heteroatoms. The Bertz CT molecular complexity index is 506. The maximum atomic E-state index is 12.4. The average molecular weight is 360 g/mol. The summed E-state index contributed by atoms with van der Waals surface area (Å²) in [5, 5.41) is 12.0. The number of aliphatic carboxylic acids is 1. The van der Waals surface area contributed by atoms with Gasteiger partial charge in [0.15, 0.2) is 5.13 Å². The van der Waals surface area contributed by atoms with Gasteiger partial charge in [0.2, 0.25) is 0 Å². The van der Waals surface area contributed by atoms with Gasteiger partial charge in [-0.1, -0.05) is 38.5 Å². The van der Waals surface area contributed by atoms with Crippen LogP contribution in [0.2, 0.25) is 0 Å². The zero-order valence-electron chi connectivity index (χ0n) is 13.9. The maximum absolute atomic E-state index is 12.4. The van der Waals surface area contributed by atoms with E-state index < -0.39 is 5.97 Å². The lowest BCUT2D eigenvalue weighted by Gasteiger charge is -2.23. The van der Waals surface area contributed by atoms with Gasteiger partial charge in [0.1, 0.15) is 0 Å². The second kappa shape index (κ2) is 10.5. The summed E-state index contributed by atoms with van der Waals surface area (Å²) in [6.07, 6.45) is 4.58. The summed E-state index contributed by atoms with van der Waals surface area (Å²) in [6.45, 7) is 7.85. The lowest BCUT2D eigenvalue weighted by Crippen LogP contribution is -2.37. The topological polar surface area (TPSA) is 82.5 Å². The van der Waals surface area contributed by atoms with Crippen molar-refractivity contribution in [2.24, 2.45) is 5.92 Å². The van der Waals surface area contributed by atoms with E-state index in [2.05, 4.69) is 31.1 Å². The van der Waals surface area contributed by atoms with E-state index in [-0.39, 0.29) is 11.8 Å². The van der Waals surface area contributed by atoms with Crippen molar-refractivity contribution in [3.8, 4) is 0 Å². The summed E-state index contributed by atoms with van der Waals surface area (Å²) in [6, 6.07) is -0.136. The van der Waals surface area contributed by atoms with E-state index in [9.17, 15) is 9.59 Å². The zero-order valence-corrected chi connectivity index (χ0v) is 15.5. The Morgan fingerprint density at radius 3 is 2.78 bits per heavy atom. The molecule has 23 heavy (non-hydrogen) atoms. The van der Waals surface area contributed by atoms with Gasteiger partial charge in [0.05, 0.1) is 16.2 Å². The summed E-state index contributed by atoms with van der Waals surface area (Å²) >= 11 is 2.50. The SMILES string of the molecule is CCCCN(CCC(C)C)C(=O)Nc1ncc(SCC(=O)O)s1. The third kappa shape index (κ3) is 8.22. The fraction of sp³-hybridized carbons (Fsp3) is 0.667. The third-order valence-corrected chi connectivity index (χ3v) is 5.17. The van der Waals surface area contributed by atoms with Gasteiger partial charge in [-0.2, -0.15) is 0 Å². The Morgan fingerprint density at radius 1 is 1.43 bits per heavy atom. The molecule has 0 spiro atoms. The van der Waals surface area contributed by atoms with E-state index >= 15 is 0 Å². The molecular formula is C15H25N3O3S2. The minimum absolute atomic E-state index is 0.00735. The number of carbonyl (C=O) groups excluding carboxylic acids is 1. The number of thioether (sulfide) groups is 1. The summed E-state index contributed by atoms with van der Waals surface area (Å²) < 4.78 is 0.782. The van der Waals surface area contributed by atoms with Crippen molar-refractivity contribution in [3.63, 3.8) is 0 Å². The quantitative estimate of drug-likeness (QED) is 0.617. The molecule has 1 rings (SSSR count). The van der Waals surface area contributed by atoms with Gasteiger partial charge in [-0.3, -0.25) is 10.1 Å². The van der Waals surface area contributed by atoms with Crippen LogP contribution in [-0.4, -0.2) is 45.8 Å². The Kier molecular flexibility index (Phi) is 9.01. The first-order chi connectivity index (χ1) is 10.9. The lowest BCUT2D eigenvalue weighted by molar-refractivity contribution is -0.133. The van der Waals surface area contributed by atoms with Crippen molar-refractivity contribution < 1.29 is 14.7 Å². The standard InChI is InChI=1S/C15H25N3O3S2/c1-4-5-7-18(8-6-11(2)3)15(21)17-14-16-9-13(23-14)22-10-12(19)20/h9,11H,4-8,10H2,1-3H3,(H,19,20)(H,16,17,21). The Balaban J connectivity index is 2.56. The van der Waals surface area contributed by atoms with Crippen LogP contribution in [0.3, 0.4) is 0 Å². The molecule has 0 aliphatic heterocycles. The number of hydrogen-bond donors (Lipinski definition) is 2. The molecule has 6 nitrogen and oxygen atoms in total. The van der Waals surface area contributed by atoms with E-state index in [1.807, 2.05) is 4.90 Å². The van der Waals surface area contributed by atoms with Gasteiger partial charge in [-0.05, 0) is 18.8 Å². The van der Waals surface area contributed by atoms with E-state index in [0.29, 0.717) is 11.0 Å². The predicted molar refractivity (Wildman–Crippen MR) is 95.4 cm³/mol. The molecule has 1 aromatic heterocycles. The van der Waals surface area contributed by atoms with E-state index in [4.69, 9.17) is 5.11 Å². The van der Waals surface area contributed by atoms with E-state index in [0.717, 1.165) is 36.6 Å². The summed E-state index contributed by atoms with van der Waals surface area (Å²) in [5.41, 5.74) is 0. The Hall–Kier alpha value is -1.28. The van der Waals surface area contributed by atoms with Gasteiger partial charge >= 0.3 is 12.0 Å². The number of carboxylic acids is 1. The van der Waals surface area contributed by atoms with Crippen LogP contribution in [-0.2, 0) is 4.79 Å². The smallest absolute Gasteiger partial charge is 0.323 e. The molecule has 1 aromatic rings. The van der Waals surface area contributed by atoms with Crippen molar-refractivity contribution in [3.05, 3.63) is 6.20 Å². The first kappa shape index (κ1) is 19.8. The molecule has 0 radical (unpaired) electrons. The van der Waals surface area contributed by atoms with Gasteiger partial charge in [0.25, 0.3) is 0 Å². The van der Waals surface area contributed by atoms with Crippen LogP contribution < -0.4 is 5.32 Å². The first-order valence-electron chi connectivity index (χ1n) is 7.78. The number of rotatable bonds is 10. The van der Waals surface area contributed by atoms with Crippen LogP contribution in [0, 0.1) is 5.92 Å². The van der Waals surface area contributed by atoms with Gasteiger partial charge in [-0.15, -0.1) is 11.8 Å². The molecule has 1 heterocycles. The fourth-order valence-electron chi connectivity index (χ4n) is 1.77. The number of anilines is 1. The first-order valence-corrected chi connectivity index (χ1v) is 9.59. The molecule has 2 amide bonds. The molecule has 0 saturated carbocycles. The monoisotopic (exact) mass is 359 g/mol. The minimum atomic E-state index is -0.867. The van der Waals surface area contributed by atoms with Gasteiger partial charge in [-0.25, -0.2) is 9.78 Å². The number of carbonyl (C=O) groups is 2. The van der Waals surface area contributed by atoms with Crippen molar-refractivity contribution in [2.75, 3.05) is 24.2 Å². The van der Waals surface area contributed by atoms with E-state index in [1.54, 1.807) is 6.20 Å². The summed E-state index contributed by atoms with van der Waals surface area (Å²) in [5.74, 6) is -0.328. The average Bonchev–Trinajstić information content (AvgIpc) is 2.92. The largest absolute Gasteiger partial charge is 0.481 e. The normalized spacial score (nSPS) is 10.8. The lowest BCUT2D eigenvalue weighted by atomic mass is 10.1. The van der Waals surface area contributed by atoms with Crippen molar-refractivity contribution >= 4 is 40.2 Å². The second-order valence-corrected chi connectivity index (χ2v) is 7.93. The Labute approximate surface area is 145 Å². The molecule has 0 atom stereocenters. The third-order valence-electron chi connectivity index (χ3n) is 3.08. The molecule has 0 aliphatic carbocycles. The van der Waals surface area contributed by atoms with Crippen LogP contribution in [0.5, 0.6) is 0 Å². The van der Waals surface area contributed by atoms with Crippen molar-refractivity contribution in [1.82, 2.24) is 9.88 Å². The van der Waals surface area contributed by atoms with Crippen LogP contribution in [0.4, 0.5) is 9.93 Å². The van der Waals surface area contributed by atoms with Crippen LogP contribution in [0.25, 0.3) is 0 Å².